The van der Waals surface area contributed by atoms with Crippen LogP contribution in [0.2, 0.25) is 0 Å². The molecule has 2 N–H and O–H groups in total. The lowest BCUT2D eigenvalue weighted by Crippen LogP contribution is -2.15. The highest BCUT2D eigenvalue weighted by atomic mass is 32.2. The van der Waals surface area contributed by atoms with Crippen LogP contribution in [0.1, 0.15) is 11.1 Å². The first-order chi connectivity index (χ1) is 12.7. The van der Waals surface area contributed by atoms with E-state index in [1.54, 1.807) is 6.92 Å². The van der Waals surface area contributed by atoms with Gasteiger partial charge in [0.1, 0.15) is 10.7 Å². The average molecular weight is 395 g/mol. The van der Waals surface area contributed by atoms with Gasteiger partial charge in [-0.2, -0.15) is 0 Å². The SMILES string of the molecule is COc1cc(/C=C/C(=O)O)cc(S(=O)(=O)Nc2cc(F)ccc2C)c1OC. The molecule has 0 saturated heterocycles. The molecule has 0 aliphatic heterocycles. The topological polar surface area (TPSA) is 102 Å². The Bertz CT molecular complexity index is 1000. The Morgan fingerprint density at radius 3 is 2.48 bits per heavy atom. The third kappa shape index (κ3) is 4.76. The van der Waals surface area contributed by atoms with Crippen LogP contribution in [0.5, 0.6) is 11.5 Å². The van der Waals surface area contributed by atoms with Crippen molar-refractivity contribution in [3.8, 4) is 11.5 Å². The van der Waals surface area contributed by atoms with Crippen LogP contribution in [0.4, 0.5) is 10.1 Å². The summed E-state index contributed by atoms with van der Waals surface area (Å²) in [5.74, 6) is -1.75. The smallest absolute Gasteiger partial charge is 0.328 e. The number of halogens is 1. The minimum atomic E-state index is -4.19. The van der Waals surface area contributed by atoms with Crippen molar-refractivity contribution in [1.82, 2.24) is 0 Å². The first kappa shape index (κ1) is 20.2. The fraction of sp³-hybridized carbons (Fsp3) is 0.167. The van der Waals surface area contributed by atoms with Crippen molar-refractivity contribution in [2.24, 2.45) is 0 Å². The molecule has 0 unspecified atom stereocenters. The number of hydrogen-bond donors (Lipinski definition) is 2. The van der Waals surface area contributed by atoms with E-state index in [4.69, 9.17) is 14.6 Å². The van der Waals surface area contributed by atoms with Crippen LogP contribution in [0.3, 0.4) is 0 Å². The van der Waals surface area contributed by atoms with Gasteiger partial charge in [0.05, 0.1) is 19.9 Å². The second kappa shape index (κ2) is 8.09. The van der Waals surface area contributed by atoms with Crippen LogP contribution in [0, 0.1) is 12.7 Å². The average Bonchev–Trinajstić information content (AvgIpc) is 2.61. The zero-order chi connectivity index (χ0) is 20.2. The molecule has 7 nitrogen and oxygen atoms in total. The number of rotatable bonds is 7. The predicted octanol–water partition coefficient (Wildman–Crippen LogP) is 3.05. The normalized spacial score (nSPS) is 11.4. The van der Waals surface area contributed by atoms with Gasteiger partial charge in [-0.1, -0.05) is 6.07 Å². The van der Waals surface area contributed by atoms with Crippen LogP contribution in [-0.4, -0.2) is 33.7 Å². The summed E-state index contributed by atoms with van der Waals surface area (Å²) in [5.41, 5.74) is 0.863. The molecule has 2 aromatic carbocycles. The number of sulfonamides is 1. The maximum absolute atomic E-state index is 13.5. The number of methoxy groups -OCH3 is 2. The number of carboxylic acid groups (broad SMARTS) is 1. The van der Waals surface area contributed by atoms with Crippen molar-refractivity contribution in [3.05, 3.63) is 53.4 Å². The molecule has 0 heterocycles. The highest BCUT2D eigenvalue weighted by Crippen LogP contribution is 2.37. The minimum Gasteiger partial charge on any atom is -0.493 e. The fourth-order valence-corrected chi connectivity index (χ4v) is 3.66. The number of aryl methyl sites for hydroxylation is 1. The molecule has 27 heavy (non-hydrogen) atoms. The molecule has 9 heteroatoms. The van der Waals surface area contributed by atoms with Gasteiger partial charge in [-0.3, -0.25) is 4.72 Å². The van der Waals surface area contributed by atoms with Crippen molar-refractivity contribution in [2.45, 2.75) is 11.8 Å². The Hall–Kier alpha value is -3.07. The lowest BCUT2D eigenvalue weighted by Gasteiger charge is -2.16. The van der Waals surface area contributed by atoms with E-state index >= 15 is 0 Å². The van der Waals surface area contributed by atoms with Gasteiger partial charge in [-0.25, -0.2) is 17.6 Å². The lowest BCUT2D eigenvalue weighted by molar-refractivity contribution is -0.131. The summed E-state index contributed by atoms with van der Waals surface area (Å²) in [7, 11) is -1.59. The van der Waals surface area contributed by atoms with Crippen molar-refractivity contribution >= 4 is 27.8 Å². The molecule has 2 aromatic rings. The maximum Gasteiger partial charge on any atom is 0.328 e. The second-order valence-electron chi connectivity index (χ2n) is 5.49. The molecule has 0 aliphatic rings. The monoisotopic (exact) mass is 395 g/mol. The van der Waals surface area contributed by atoms with Gasteiger partial charge in [0.25, 0.3) is 10.0 Å². The van der Waals surface area contributed by atoms with Crippen molar-refractivity contribution < 1.29 is 32.2 Å². The number of nitrogens with one attached hydrogen (secondary N) is 1. The lowest BCUT2D eigenvalue weighted by atomic mass is 10.2. The zero-order valence-corrected chi connectivity index (χ0v) is 15.6. The molecule has 0 atom stereocenters. The van der Waals surface area contributed by atoms with E-state index in [9.17, 15) is 17.6 Å². The summed E-state index contributed by atoms with van der Waals surface area (Å²) < 4.78 is 51.9. The highest BCUT2D eigenvalue weighted by molar-refractivity contribution is 7.92. The van der Waals surface area contributed by atoms with Crippen molar-refractivity contribution in [3.63, 3.8) is 0 Å². The van der Waals surface area contributed by atoms with Gasteiger partial charge in [0.2, 0.25) is 0 Å². The van der Waals surface area contributed by atoms with E-state index in [-0.39, 0.29) is 27.6 Å². The standard InChI is InChI=1S/C18H18FNO6S/c1-11-4-6-13(19)10-14(11)20-27(23,24)16-9-12(5-7-17(21)22)8-15(25-2)18(16)26-3/h4-10,20H,1-3H3,(H,21,22)/b7-5+. The molecule has 0 aromatic heterocycles. The van der Waals surface area contributed by atoms with E-state index in [1.807, 2.05) is 0 Å². The molecule has 0 fully saturated rings. The molecule has 2 rings (SSSR count). The van der Waals surface area contributed by atoms with Gasteiger partial charge in [-0.15, -0.1) is 0 Å². The third-order valence-corrected chi connectivity index (χ3v) is 4.99. The summed E-state index contributed by atoms with van der Waals surface area (Å²) in [6.07, 6.45) is 2.08. The molecule has 0 spiro atoms. The minimum absolute atomic E-state index is 0.0634. The summed E-state index contributed by atoms with van der Waals surface area (Å²) in [5, 5.41) is 8.77. The van der Waals surface area contributed by atoms with E-state index in [0.29, 0.717) is 5.56 Å². The molecule has 144 valence electrons. The number of benzene rings is 2. The van der Waals surface area contributed by atoms with Gasteiger partial charge < -0.3 is 14.6 Å². The summed E-state index contributed by atoms with van der Waals surface area (Å²) in [6.45, 7) is 1.63. The summed E-state index contributed by atoms with van der Waals surface area (Å²) in [6, 6.07) is 6.39. The molecular formula is C18H18FNO6S. The van der Waals surface area contributed by atoms with Gasteiger partial charge in [-0.05, 0) is 48.4 Å². The first-order valence-electron chi connectivity index (χ1n) is 7.64. The van der Waals surface area contributed by atoms with E-state index in [1.165, 1.54) is 44.6 Å². The number of ether oxygens (including phenoxy) is 2. The largest absolute Gasteiger partial charge is 0.493 e. The molecule has 0 bridgehead atoms. The van der Waals surface area contributed by atoms with Crippen LogP contribution in [0.15, 0.2) is 41.3 Å². The van der Waals surface area contributed by atoms with Crippen molar-refractivity contribution in [2.75, 3.05) is 18.9 Å². The van der Waals surface area contributed by atoms with Gasteiger partial charge in [0, 0.05) is 6.08 Å². The van der Waals surface area contributed by atoms with E-state index in [2.05, 4.69) is 4.72 Å². The number of anilines is 1. The third-order valence-electron chi connectivity index (χ3n) is 3.62. The fourth-order valence-electron chi connectivity index (χ4n) is 2.32. The number of hydrogen-bond acceptors (Lipinski definition) is 5. The number of aliphatic carboxylic acids is 1. The molecule has 0 amide bonds. The Balaban J connectivity index is 2.61. The van der Waals surface area contributed by atoms with Crippen LogP contribution in [0.25, 0.3) is 6.08 Å². The maximum atomic E-state index is 13.5. The quantitative estimate of drug-likeness (QED) is 0.699. The summed E-state index contributed by atoms with van der Waals surface area (Å²) in [4.78, 5) is 10.5. The van der Waals surface area contributed by atoms with Gasteiger partial charge in [0.15, 0.2) is 11.5 Å². The Kier molecular flexibility index (Phi) is 6.06. The van der Waals surface area contributed by atoms with Gasteiger partial charge >= 0.3 is 5.97 Å². The molecule has 0 saturated carbocycles. The molecule has 0 radical (unpaired) electrons. The van der Waals surface area contributed by atoms with Crippen LogP contribution >= 0.6 is 0 Å². The zero-order valence-electron chi connectivity index (χ0n) is 14.8. The van der Waals surface area contributed by atoms with E-state index in [0.717, 1.165) is 12.1 Å². The summed E-state index contributed by atoms with van der Waals surface area (Å²) >= 11 is 0. The molecular weight excluding hydrogens is 377 g/mol. The van der Waals surface area contributed by atoms with Crippen LogP contribution in [-0.2, 0) is 14.8 Å². The Labute approximate surface area is 156 Å². The number of carboxylic acids is 1. The first-order valence-corrected chi connectivity index (χ1v) is 9.12. The van der Waals surface area contributed by atoms with Crippen LogP contribution < -0.4 is 14.2 Å². The predicted molar refractivity (Wildman–Crippen MR) is 98.2 cm³/mol. The highest BCUT2D eigenvalue weighted by Gasteiger charge is 2.24. The Morgan fingerprint density at radius 2 is 1.89 bits per heavy atom. The van der Waals surface area contributed by atoms with Crippen molar-refractivity contribution in [1.29, 1.82) is 0 Å². The number of carbonyl (C=O) groups is 1. The Morgan fingerprint density at radius 1 is 1.19 bits per heavy atom. The molecule has 0 aliphatic carbocycles. The second-order valence-corrected chi connectivity index (χ2v) is 7.14. The van der Waals surface area contributed by atoms with E-state index < -0.39 is 21.8 Å².